The molecule has 1 saturated carbocycles. The molecule has 2 aromatic carbocycles. The minimum Gasteiger partial charge on any atom is -0.193 e. The lowest BCUT2D eigenvalue weighted by atomic mass is 9.48. The number of allylic oxidation sites excluding steroid dienone is 8. The van der Waals surface area contributed by atoms with Gasteiger partial charge in [-0.15, -0.1) is 0 Å². The number of nitriles is 4. The van der Waals surface area contributed by atoms with Crippen LogP contribution in [0.3, 0.4) is 0 Å². The number of hydrogen-bond acceptors (Lipinski definition) is 4. The predicted octanol–water partition coefficient (Wildman–Crippen LogP) is 6.10. The van der Waals surface area contributed by atoms with Gasteiger partial charge in [-0.2, -0.15) is 21.0 Å². The van der Waals surface area contributed by atoms with Gasteiger partial charge in [-0.3, -0.25) is 0 Å². The molecule has 0 amide bonds. The lowest BCUT2D eigenvalue weighted by molar-refractivity contribution is 0.292. The van der Waals surface area contributed by atoms with E-state index in [1.165, 1.54) is 39.0 Å². The van der Waals surface area contributed by atoms with Crippen LogP contribution in [0.5, 0.6) is 0 Å². The maximum Gasteiger partial charge on any atom is 0.102 e. The summed E-state index contributed by atoms with van der Waals surface area (Å²) in [7, 11) is 0. The molecule has 1 fully saturated rings. The van der Waals surface area contributed by atoms with Gasteiger partial charge in [-0.25, -0.2) is 0 Å². The molecule has 8 rings (SSSR count). The summed E-state index contributed by atoms with van der Waals surface area (Å²) in [4.78, 5) is 0. The summed E-state index contributed by atoms with van der Waals surface area (Å²) in [6.45, 7) is 0. The van der Waals surface area contributed by atoms with E-state index in [1.54, 1.807) is 0 Å². The normalized spacial score (nSPS) is 33.4. The van der Waals surface area contributed by atoms with Crippen molar-refractivity contribution in [2.24, 2.45) is 11.3 Å². The molecule has 0 saturated heterocycles. The van der Waals surface area contributed by atoms with Gasteiger partial charge in [0.2, 0.25) is 0 Å². The summed E-state index contributed by atoms with van der Waals surface area (Å²) < 4.78 is 0. The van der Waals surface area contributed by atoms with Crippen molar-refractivity contribution in [3.63, 3.8) is 0 Å². The molecule has 1 spiro atoms. The van der Waals surface area contributed by atoms with Crippen LogP contribution in [0.1, 0.15) is 58.8 Å². The Bertz CT molecular complexity index is 1770. The molecule has 6 aliphatic rings. The third kappa shape index (κ3) is 1.84. The van der Waals surface area contributed by atoms with E-state index in [4.69, 9.17) is 0 Å². The first-order valence-electron chi connectivity index (χ1n) is 12.4. The second-order valence-electron chi connectivity index (χ2n) is 10.7. The van der Waals surface area contributed by atoms with Gasteiger partial charge in [-0.1, -0.05) is 54.6 Å². The largest absolute Gasteiger partial charge is 0.193 e. The molecule has 6 atom stereocenters. The van der Waals surface area contributed by atoms with Gasteiger partial charge >= 0.3 is 0 Å². The van der Waals surface area contributed by atoms with Crippen molar-refractivity contribution < 1.29 is 0 Å². The van der Waals surface area contributed by atoms with Crippen molar-refractivity contribution in [1.82, 2.24) is 0 Å². The van der Waals surface area contributed by atoms with Gasteiger partial charge in [0, 0.05) is 35.0 Å². The second-order valence-corrected chi connectivity index (χ2v) is 10.7. The van der Waals surface area contributed by atoms with E-state index in [2.05, 4.69) is 72.8 Å². The lowest BCUT2D eigenvalue weighted by Gasteiger charge is -2.52. The topological polar surface area (TPSA) is 95.2 Å². The van der Waals surface area contributed by atoms with Crippen LogP contribution in [0.4, 0.5) is 0 Å². The van der Waals surface area contributed by atoms with Crippen molar-refractivity contribution in [2.45, 2.75) is 36.5 Å². The highest BCUT2D eigenvalue weighted by molar-refractivity contribution is 5.78. The first-order chi connectivity index (χ1) is 17.7. The molecule has 0 unspecified atom stereocenters. The minimum absolute atomic E-state index is 0.0000341. The van der Waals surface area contributed by atoms with Crippen LogP contribution in [0.15, 0.2) is 93.6 Å². The van der Waals surface area contributed by atoms with Gasteiger partial charge in [0.25, 0.3) is 0 Å². The molecule has 4 heteroatoms. The fourth-order valence-corrected chi connectivity index (χ4v) is 8.98. The Hall–Kier alpha value is -4.64. The van der Waals surface area contributed by atoms with Gasteiger partial charge in [0.15, 0.2) is 0 Å². The number of nitrogens with zero attached hydrogens (tertiary/aromatic N) is 4. The van der Waals surface area contributed by atoms with E-state index >= 15 is 0 Å². The van der Waals surface area contributed by atoms with Crippen molar-refractivity contribution >= 4 is 0 Å². The summed E-state index contributed by atoms with van der Waals surface area (Å²) >= 11 is 0. The summed E-state index contributed by atoms with van der Waals surface area (Å²) in [6.07, 6.45) is 4.20. The molecule has 0 N–H and O–H groups in total. The standard InChI is InChI=1S/C32H18N4/c33-12-24-25(13-34)29(15-36)32-27-10-21(18-7-3-4-8-19(18)27)28(32)11-23-20-9-22(17-6-2-1-5-16(17)20)30(23)31(32)26(24)14-35/h1-8,11,20-22,27,31H,9-10H2/t20-,21+,22+,27-,31+,32+/m0/s1. The Labute approximate surface area is 209 Å². The fourth-order valence-electron chi connectivity index (χ4n) is 8.98. The zero-order valence-electron chi connectivity index (χ0n) is 19.3. The molecule has 4 nitrogen and oxygen atoms in total. The van der Waals surface area contributed by atoms with Crippen molar-refractivity contribution in [3.8, 4) is 24.3 Å². The Balaban J connectivity index is 1.52. The zero-order chi connectivity index (χ0) is 24.3. The first-order valence-corrected chi connectivity index (χ1v) is 12.4. The van der Waals surface area contributed by atoms with Gasteiger partial charge in [0.1, 0.15) is 12.1 Å². The molecule has 0 heterocycles. The zero-order valence-corrected chi connectivity index (χ0v) is 19.3. The van der Waals surface area contributed by atoms with Crippen LogP contribution in [0.2, 0.25) is 0 Å². The molecule has 6 aliphatic carbocycles. The summed E-state index contributed by atoms with van der Waals surface area (Å²) in [6, 6.07) is 26.2. The number of benzene rings is 2. The number of fused-ring (bicyclic) bond motifs is 14. The van der Waals surface area contributed by atoms with Gasteiger partial charge < -0.3 is 0 Å². The van der Waals surface area contributed by atoms with E-state index in [-0.39, 0.29) is 40.7 Å². The average Bonchev–Trinajstić information content (AvgIpc) is 3.68. The quantitative estimate of drug-likeness (QED) is 0.477. The van der Waals surface area contributed by atoms with E-state index in [1.807, 2.05) is 6.07 Å². The fraction of sp³-hybridized carbons (Fsp3) is 0.250. The van der Waals surface area contributed by atoms with Crippen LogP contribution in [0, 0.1) is 56.7 Å². The van der Waals surface area contributed by atoms with Crippen molar-refractivity contribution in [2.75, 3.05) is 0 Å². The van der Waals surface area contributed by atoms with Crippen molar-refractivity contribution in [1.29, 1.82) is 21.0 Å². The molecule has 36 heavy (non-hydrogen) atoms. The average molecular weight is 459 g/mol. The second kappa shape index (κ2) is 6.32. The third-order valence-corrected chi connectivity index (χ3v) is 9.93. The summed E-state index contributed by atoms with van der Waals surface area (Å²) in [5, 5.41) is 41.6. The summed E-state index contributed by atoms with van der Waals surface area (Å²) in [5.41, 5.74) is 9.03. The van der Waals surface area contributed by atoms with E-state index in [0.29, 0.717) is 11.1 Å². The third-order valence-electron chi connectivity index (χ3n) is 9.93. The lowest BCUT2D eigenvalue weighted by Crippen LogP contribution is -2.46. The molecule has 0 aromatic heterocycles. The van der Waals surface area contributed by atoms with E-state index in [9.17, 15) is 21.0 Å². The van der Waals surface area contributed by atoms with E-state index < -0.39 is 5.41 Å². The highest BCUT2D eigenvalue weighted by Crippen LogP contribution is 2.78. The Morgan fingerprint density at radius 1 is 0.667 bits per heavy atom. The van der Waals surface area contributed by atoms with Crippen LogP contribution in [-0.4, -0.2) is 0 Å². The Morgan fingerprint density at radius 2 is 1.31 bits per heavy atom. The molecule has 0 radical (unpaired) electrons. The SMILES string of the molecule is N#CC1=C(C#N)[C@@H]2C3=C(C=C4[C@@H]5C[C@@H](c6ccccc65)[C@]42C(C#N)=C1C#N)[C@H]1C[C@@H]3c2ccccc21. The van der Waals surface area contributed by atoms with Crippen LogP contribution in [0.25, 0.3) is 0 Å². The highest BCUT2D eigenvalue weighted by Gasteiger charge is 2.69. The molecule has 0 aliphatic heterocycles. The monoisotopic (exact) mass is 458 g/mol. The predicted molar refractivity (Wildman–Crippen MR) is 131 cm³/mol. The summed E-state index contributed by atoms with van der Waals surface area (Å²) in [5.74, 6) is 0.218. The molecular formula is C32H18N4. The number of hydrogen-bond donors (Lipinski definition) is 0. The van der Waals surface area contributed by atoms with Crippen LogP contribution in [-0.2, 0) is 0 Å². The molecular weight excluding hydrogens is 440 g/mol. The van der Waals surface area contributed by atoms with Crippen molar-refractivity contribution in [3.05, 3.63) is 116 Å². The Kier molecular flexibility index (Phi) is 3.45. The maximum atomic E-state index is 10.6. The molecule has 4 bridgehead atoms. The van der Waals surface area contributed by atoms with Gasteiger partial charge in [0.05, 0.1) is 34.4 Å². The van der Waals surface area contributed by atoms with Crippen LogP contribution < -0.4 is 0 Å². The maximum absolute atomic E-state index is 10.6. The minimum atomic E-state index is -0.775. The molecule has 166 valence electrons. The van der Waals surface area contributed by atoms with E-state index in [0.717, 1.165) is 12.8 Å². The smallest absolute Gasteiger partial charge is 0.102 e. The molecule has 2 aromatic rings. The highest BCUT2D eigenvalue weighted by atomic mass is 14.7. The Morgan fingerprint density at radius 3 is 1.94 bits per heavy atom. The first kappa shape index (κ1) is 19.6. The number of rotatable bonds is 0. The van der Waals surface area contributed by atoms with Crippen LogP contribution >= 0.6 is 0 Å². The van der Waals surface area contributed by atoms with Gasteiger partial charge in [-0.05, 0) is 51.8 Å².